The first kappa shape index (κ1) is 18.5. The normalized spacial score (nSPS) is 12.2. The van der Waals surface area contributed by atoms with Crippen molar-refractivity contribution in [3.8, 4) is 0 Å². The van der Waals surface area contributed by atoms with Gasteiger partial charge in [0.15, 0.2) is 0 Å². The van der Waals surface area contributed by atoms with Gasteiger partial charge in [-0.1, -0.05) is 47.5 Å². The van der Waals surface area contributed by atoms with Gasteiger partial charge in [0.1, 0.15) is 6.10 Å². The SMILES string of the molecule is CC(=O)OC(C)c1c(C)n(C(=O)c2cccc(Cl)c2Cl)c2ccccc12. The molecule has 3 aromatic rings. The lowest BCUT2D eigenvalue weighted by Gasteiger charge is -2.13. The van der Waals surface area contributed by atoms with Crippen molar-refractivity contribution >= 4 is 46.0 Å². The number of carbonyl (C=O) groups excluding carboxylic acids is 2. The highest BCUT2D eigenvalue weighted by atomic mass is 35.5. The molecule has 0 amide bonds. The molecule has 0 N–H and O–H groups in total. The molecule has 134 valence electrons. The fourth-order valence-electron chi connectivity index (χ4n) is 3.26. The first-order chi connectivity index (χ1) is 12.3. The molecule has 0 aliphatic heterocycles. The van der Waals surface area contributed by atoms with E-state index in [-0.39, 0.29) is 16.9 Å². The molecule has 3 rings (SSSR count). The first-order valence-corrected chi connectivity index (χ1v) is 8.84. The van der Waals surface area contributed by atoms with Crippen molar-refractivity contribution in [1.82, 2.24) is 4.57 Å². The Morgan fingerprint density at radius 1 is 1.08 bits per heavy atom. The highest BCUT2D eigenvalue weighted by molar-refractivity contribution is 6.44. The van der Waals surface area contributed by atoms with E-state index in [1.165, 1.54) is 6.92 Å². The van der Waals surface area contributed by atoms with Gasteiger partial charge in [-0.3, -0.25) is 14.2 Å². The lowest BCUT2D eigenvalue weighted by Crippen LogP contribution is -2.15. The van der Waals surface area contributed by atoms with E-state index >= 15 is 0 Å². The van der Waals surface area contributed by atoms with E-state index in [4.69, 9.17) is 27.9 Å². The van der Waals surface area contributed by atoms with Crippen LogP contribution in [-0.4, -0.2) is 16.4 Å². The van der Waals surface area contributed by atoms with Crippen molar-refractivity contribution in [3.05, 3.63) is 69.3 Å². The average Bonchev–Trinajstić information content (AvgIpc) is 2.88. The third-order valence-electron chi connectivity index (χ3n) is 4.29. The van der Waals surface area contributed by atoms with Gasteiger partial charge in [0.2, 0.25) is 0 Å². The second-order valence-electron chi connectivity index (χ2n) is 6.01. The molecular weight excluding hydrogens is 373 g/mol. The molecule has 0 radical (unpaired) electrons. The van der Waals surface area contributed by atoms with Crippen molar-refractivity contribution in [2.75, 3.05) is 0 Å². The molecule has 2 aromatic carbocycles. The van der Waals surface area contributed by atoms with Crippen LogP contribution in [0.25, 0.3) is 10.9 Å². The summed E-state index contributed by atoms with van der Waals surface area (Å²) >= 11 is 12.3. The summed E-state index contributed by atoms with van der Waals surface area (Å²) in [6, 6.07) is 12.4. The van der Waals surface area contributed by atoms with Gasteiger partial charge in [-0.2, -0.15) is 0 Å². The summed E-state index contributed by atoms with van der Waals surface area (Å²) in [4.78, 5) is 24.6. The Bertz CT molecular complexity index is 1020. The maximum Gasteiger partial charge on any atom is 0.303 e. The first-order valence-electron chi connectivity index (χ1n) is 8.08. The summed E-state index contributed by atoms with van der Waals surface area (Å²) in [7, 11) is 0. The van der Waals surface area contributed by atoms with Gasteiger partial charge in [0.25, 0.3) is 5.91 Å². The summed E-state index contributed by atoms with van der Waals surface area (Å²) in [5.41, 5.74) is 2.53. The van der Waals surface area contributed by atoms with Crippen LogP contribution in [0.1, 0.15) is 41.6 Å². The number of ether oxygens (including phenoxy) is 1. The largest absolute Gasteiger partial charge is 0.458 e. The number of aromatic nitrogens is 1. The van der Waals surface area contributed by atoms with Crippen molar-refractivity contribution < 1.29 is 14.3 Å². The summed E-state index contributed by atoms with van der Waals surface area (Å²) in [6.45, 7) is 4.98. The summed E-state index contributed by atoms with van der Waals surface area (Å²) in [5, 5.41) is 1.39. The zero-order chi connectivity index (χ0) is 19.0. The zero-order valence-corrected chi connectivity index (χ0v) is 16.1. The van der Waals surface area contributed by atoms with Gasteiger partial charge < -0.3 is 4.74 Å². The molecule has 1 unspecified atom stereocenters. The number of rotatable bonds is 3. The summed E-state index contributed by atoms with van der Waals surface area (Å²) in [6.07, 6.45) is -0.485. The van der Waals surface area contributed by atoms with Crippen LogP contribution >= 0.6 is 23.2 Å². The van der Waals surface area contributed by atoms with Crippen LogP contribution < -0.4 is 0 Å². The van der Waals surface area contributed by atoms with Crippen LogP contribution in [0.15, 0.2) is 42.5 Å². The minimum absolute atomic E-state index is 0.214. The number of fused-ring (bicyclic) bond motifs is 1. The molecule has 6 heteroatoms. The van der Waals surface area contributed by atoms with E-state index in [1.54, 1.807) is 29.7 Å². The van der Waals surface area contributed by atoms with Crippen LogP contribution in [0.5, 0.6) is 0 Å². The highest BCUT2D eigenvalue weighted by Gasteiger charge is 2.25. The lowest BCUT2D eigenvalue weighted by atomic mass is 10.1. The molecule has 0 aliphatic carbocycles. The number of para-hydroxylation sites is 1. The minimum Gasteiger partial charge on any atom is -0.458 e. The maximum atomic E-state index is 13.2. The van der Waals surface area contributed by atoms with E-state index in [0.717, 1.165) is 16.5 Å². The van der Waals surface area contributed by atoms with Crippen LogP contribution in [0.3, 0.4) is 0 Å². The number of nitrogens with zero attached hydrogens (tertiary/aromatic N) is 1. The molecule has 0 aliphatic rings. The Labute approximate surface area is 161 Å². The molecule has 1 atom stereocenters. The van der Waals surface area contributed by atoms with E-state index in [9.17, 15) is 9.59 Å². The molecular formula is C20H17Cl2NO3. The summed E-state index contributed by atoms with van der Waals surface area (Å²) in [5.74, 6) is -0.662. The molecule has 1 aromatic heterocycles. The predicted octanol–water partition coefficient (Wildman–Crippen LogP) is 5.57. The second-order valence-corrected chi connectivity index (χ2v) is 6.80. The van der Waals surface area contributed by atoms with Gasteiger partial charge in [-0.25, -0.2) is 0 Å². The fourth-order valence-corrected chi connectivity index (χ4v) is 3.65. The number of hydrogen-bond donors (Lipinski definition) is 0. The molecule has 0 fully saturated rings. The van der Waals surface area contributed by atoms with Crippen molar-refractivity contribution in [2.45, 2.75) is 26.9 Å². The third-order valence-corrected chi connectivity index (χ3v) is 5.11. The third kappa shape index (κ3) is 3.11. The van der Waals surface area contributed by atoms with E-state index in [0.29, 0.717) is 16.3 Å². The van der Waals surface area contributed by atoms with Gasteiger partial charge in [-0.15, -0.1) is 0 Å². The van der Waals surface area contributed by atoms with Gasteiger partial charge in [0.05, 0.1) is 21.1 Å². The molecule has 0 saturated heterocycles. The van der Waals surface area contributed by atoms with Crippen molar-refractivity contribution in [1.29, 1.82) is 0 Å². The van der Waals surface area contributed by atoms with Gasteiger partial charge >= 0.3 is 5.97 Å². The predicted molar refractivity (Wildman–Crippen MR) is 103 cm³/mol. The van der Waals surface area contributed by atoms with Gasteiger partial charge in [0, 0.05) is 23.6 Å². The van der Waals surface area contributed by atoms with Crippen molar-refractivity contribution in [2.24, 2.45) is 0 Å². The Morgan fingerprint density at radius 2 is 1.77 bits per heavy atom. The number of benzene rings is 2. The van der Waals surface area contributed by atoms with E-state index in [1.807, 2.05) is 31.2 Å². The van der Waals surface area contributed by atoms with Crippen LogP contribution in [0, 0.1) is 6.92 Å². The standard InChI is InChI=1S/C20H17Cl2NO3/c1-11-18(12(2)26-13(3)24)14-7-4-5-10-17(14)23(11)20(25)15-8-6-9-16(21)19(15)22/h4-10,12H,1-3H3. The average molecular weight is 390 g/mol. The zero-order valence-electron chi connectivity index (χ0n) is 14.5. The van der Waals surface area contributed by atoms with Gasteiger partial charge in [-0.05, 0) is 32.0 Å². The number of carbonyl (C=O) groups is 2. The summed E-state index contributed by atoms with van der Waals surface area (Å²) < 4.78 is 6.94. The van der Waals surface area contributed by atoms with E-state index in [2.05, 4.69) is 0 Å². The Balaban J connectivity index is 2.24. The number of hydrogen-bond acceptors (Lipinski definition) is 3. The highest BCUT2D eigenvalue weighted by Crippen LogP contribution is 2.34. The maximum absolute atomic E-state index is 13.2. The molecule has 0 spiro atoms. The molecule has 0 bridgehead atoms. The van der Waals surface area contributed by atoms with Crippen molar-refractivity contribution in [3.63, 3.8) is 0 Å². The minimum atomic E-state index is -0.485. The smallest absolute Gasteiger partial charge is 0.303 e. The van der Waals surface area contributed by atoms with Crippen LogP contribution in [0.4, 0.5) is 0 Å². The Hall–Kier alpha value is -2.30. The van der Waals surface area contributed by atoms with Crippen LogP contribution in [0.2, 0.25) is 10.0 Å². The molecule has 0 saturated carbocycles. The lowest BCUT2D eigenvalue weighted by molar-refractivity contribution is -0.145. The van der Waals surface area contributed by atoms with E-state index < -0.39 is 6.10 Å². The second kappa shape index (κ2) is 7.14. The monoisotopic (exact) mass is 389 g/mol. The Kier molecular flexibility index (Phi) is 5.08. The molecule has 26 heavy (non-hydrogen) atoms. The fraction of sp³-hybridized carbons (Fsp3) is 0.200. The molecule has 4 nitrogen and oxygen atoms in total. The number of halogens is 2. The topological polar surface area (TPSA) is 48.3 Å². The van der Waals surface area contributed by atoms with Crippen LogP contribution in [-0.2, 0) is 9.53 Å². The number of esters is 1. The molecule has 1 heterocycles. The Morgan fingerprint density at radius 3 is 2.46 bits per heavy atom. The quantitative estimate of drug-likeness (QED) is 0.550.